The Morgan fingerprint density at radius 2 is 2.20 bits per heavy atom. The van der Waals surface area contributed by atoms with E-state index in [-0.39, 0.29) is 35.3 Å². The second-order valence-electron chi connectivity index (χ2n) is 2.73. The molecule has 1 atom stereocenters. The molecule has 15 heavy (non-hydrogen) atoms. The minimum Gasteiger partial charge on any atom is -0.769 e. The Hall–Kier alpha value is 1.11. The van der Waals surface area contributed by atoms with Gasteiger partial charge in [0, 0.05) is 12.2 Å². The van der Waals surface area contributed by atoms with Gasteiger partial charge in [-0.2, -0.15) is 5.10 Å². The smallest absolute Gasteiger partial charge is 0.769 e. The molecule has 0 bridgehead atoms. The fraction of sp³-hybridized carbons (Fsp3) is 0.667. The monoisotopic (exact) mass is 292 g/mol. The number of unbranched alkanes of at least 4 members (excludes halogenated alkanes) is 1. The van der Waals surface area contributed by atoms with Gasteiger partial charge in [-0.3, -0.25) is 9.31 Å². The van der Waals surface area contributed by atoms with Crippen molar-refractivity contribution in [3.8, 4) is 0 Å². The first-order valence-electron chi connectivity index (χ1n) is 3.95. The fourth-order valence-electron chi connectivity index (χ4n) is 0.923. The molecule has 0 spiro atoms. The van der Waals surface area contributed by atoms with Gasteiger partial charge in [0.25, 0.3) is 0 Å². The zero-order chi connectivity index (χ0) is 10.6. The van der Waals surface area contributed by atoms with Crippen molar-refractivity contribution in [2.24, 2.45) is 0 Å². The average molecular weight is 292 g/mol. The van der Waals surface area contributed by atoms with Gasteiger partial charge in [-0.1, -0.05) is 11.3 Å². The molecule has 0 aliphatic carbocycles. The van der Waals surface area contributed by atoms with Gasteiger partial charge in [-0.15, -0.1) is 0 Å². The van der Waals surface area contributed by atoms with Crippen molar-refractivity contribution in [1.29, 1.82) is 0 Å². The van der Waals surface area contributed by atoms with Crippen LogP contribution in [0.1, 0.15) is 17.8 Å². The van der Waals surface area contributed by atoms with E-state index in [0.717, 1.165) is 17.8 Å². The van der Waals surface area contributed by atoms with Crippen molar-refractivity contribution in [2.75, 3.05) is 5.75 Å². The van der Waals surface area contributed by atoms with Crippen LogP contribution >= 0.6 is 23.6 Å². The molecule has 0 radical (unpaired) electrons. The molecule has 0 saturated heterocycles. The summed E-state index contributed by atoms with van der Waals surface area (Å²) in [6, 6.07) is 0. The van der Waals surface area contributed by atoms with Crippen molar-refractivity contribution in [2.45, 2.75) is 19.3 Å². The molecule has 80 valence electrons. The van der Waals surface area contributed by atoms with Crippen LogP contribution in [0.2, 0.25) is 0 Å². The molecule has 0 aromatic carbocycles. The summed E-state index contributed by atoms with van der Waals surface area (Å²) in [6.07, 6.45) is 2.10. The summed E-state index contributed by atoms with van der Waals surface area (Å²) in [4.78, 5) is 0. The summed E-state index contributed by atoms with van der Waals surface area (Å²) < 4.78 is 21.9. The third-order valence-corrected chi connectivity index (χ3v) is 3.96. The molecule has 1 aromatic rings. The molecular formula is C6H9N2NaO2S4. The maximum atomic E-state index is 10.6. The predicted octanol–water partition coefficient (Wildman–Crippen LogP) is -1.60. The van der Waals surface area contributed by atoms with E-state index < -0.39 is 8.77 Å². The molecule has 1 heterocycles. The van der Waals surface area contributed by atoms with Crippen LogP contribution in [0.3, 0.4) is 0 Å². The van der Waals surface area contributed by atoms with Gasteiger partial charge >= 0.3 is 29.6 Å². The largest absolute Gasteiger partial charge is 1.00 e. The Morgan fingerprint density at radius 3 is 2.67 bits per heavy atom. The van der Waals surface area contributed by atoms with Gasteiger partial charge in [-0.05, 0) is 45.0 Å². The molecule has 1 N–H and O–H groups in total. The third-order valence-electron chi connectivity index (χ3n) is 1.52. The van der Waals surface area contributed by atoms with E-state index in [1.54, 1.807) is 0 Å². The number of aryl methyl sites for hydroxylation is 1. The first-order valence-corrected chi connectivity index (χ1v) is 7.75. The fourth-order valence-corrected chi connectivity index (χ4v) is 2.81. The molecule has 0 aliphatic rings. The SMILES string of the molecule is O=S([O-])(=S)CCCCc1n[nH]c(=S)s1.[Na+]. The zero-order valence-electron chi connectivity index (χ0n) is 8.23. The predicted molar refractivity (Wildman–Crippen MR) is 61.4 cm³/mol. The van der Waals surface area contributed by atoms with Gasteiger partial charge < -0.3 is 4.55 Å². The molecular weight excluding hydrogens is 283 g/mol. The number of nitrogens with one attached hydrogen (secondary N) is 1. The Bertz CT molecular complexity index is 438. The van der Waals surface area contributed by atoms with Crippen LogP contribution in [0.25, 0.3) is 0 Å². The molecule has 0 fully saturated rings. The first kappa shape index (κ1) is 16.1. The molecule has 1 aromatic heterocycles. The molecule has 0 saturated carbocycles. The Kier molecular flexibility index (Phi) is 7.99. The number of H-pyrrole nitrogens is 1. The van der Waals surface area contributed by atoms with Gasteiger partial charge in [0.2, 0.25) is 0 Å². The molecule has 4 nitrogen and oxygen atoms in total. The van der Waals surface area contributed by atoms with Gasteiger partial charge in [-0.25, -0.2) is 0 Å². The average Bonchev–Trinajstić information content (AvgIpc) is 2.44. The third kappa shape index (κ3) is 7.92. The number of aromatic amines is 1. The van der Waals surface area contributed by atoms with Crippen LogP contribution in [0.15, 0.2) is 0 Å². The summed E-state index contributed by atoms with van der Waals surface area (Å²) >= 11 is 10.5. The maximum Gasteiger partial charge on any atom is 1.00 e. The first-order chi connectivity index (χ1) is 6.47. The van der Waals surface area contributed by atoms with Crippen molar-refractivity contribution in [3.05, 3.63) is 8.96 Å². The van der Waals surface area contributed by atoms with E-state index in [0.29, 0.717) is 10.4 Å². The minimum absolute atomic E-state index is 0. The second-order valence-corrected chi connectivity index (χ2v) is 7.52. The van der Waals surface area contributed by atoms with E-state index in [9.17, 15) is 8.76 Å². The van der Waals surface area contributed by atoms with Crippen molar-refractivity contribution < 1.29 is 38.3 Å². The number of rotatable bonds is 5. The van der Waals surface area contributed by atoms with Gasteiger partial charge in [0.1, 0.15) is 5.01 Å². The van der Waals surface area contributed by atoms with E-state index >= 15 is 0 Å². The van der Waals surface area contributed by atoms with Crippen LogP contribution in [0.4, 0.5) is 0 Å². The summed E-state index contributed by atoms with van der Waals surface area (Å²) in [6.45, 7) is 0. The molecule has 1 unspecified atom stereocenters. The summed E-state index contributed by atoms with van der Waals surface area (Å²) in [5, 5.41) is 7.55. The van der Waals surface area contributed by atoms with Crippen molar-refractivity contribution >= 4 is 43.5 Å². The quantitative estimate of drug-likeness (QED) is 0.402. The molecule has 0 amide bonds. The standard InChI is InChI=1S/C6H10N2O2S4.Na/c9-14(10,12)4-2-1-3-5-7-8-6(11)13-5;/h1-4H2,(H,8,11)(H,9,10,12);/q;+1/p-1. The van der Waals surface area contributed by atoms with Crippen LogP contribution < -0.4 is 29.6 Å². The Balaban J connectivity index is 0.00000196. The summed E-state index contributed by atoms with van der Waals surface area (Å²) in [5.41, 5.74) is 0. The van der Waals surface area contributed by atoms with E-state index in [1.807, 2.05) is 0 Å². The van der Waals surface area contributed by atoms with E-state index in [4.69, 9.17) is 12.2 Å². The number of aromatic nitrogens is 2. The summed E-state index contributed by atoms with van der Waals surface area (Å²) in [7, 11) is -3.24. The van der Waals surface area contributed by atoms with E-state index in [1.165, 1.54) is 11.3 Å². The van der Waals surface area contributed by atoms with Crippen LogP contribution in [0, 0.1) is 3.95 Å². The number of hydrogen-bond donors (Lipinski definition) is 1. The minimum atomic E-state index is -3.24. The van der Waals surface area contributed by atoms with Gasteiger partial charge in [0.15, 0.2) is 3.95 Å². The van der Waals surface area contributed by atoms with Crippen molar-refractivity contribution in [1.82, 2.24) is 10.2 Å². The van der Waals surface area contributed by atoms with Gasteiger partial charge in [0.05, 0.1) is 0 Å². The van der Waals surface area contributed by atoms with E-state index in [2.05, 4.69) is 21.4 Å². The molecule has 9 heteroatoms. The maximum absolute atomic E-state index is 10.6. The molecule has 0 aliphatic heterocycles. The van der Waals surface area contributed by atoms with Crippen LogP contribution in [0.5, 0.6) is 0 Å². The molecule has 1 rings (SSSR count). The van der Waals surface area contributed by atoms with Crippen LogP contribution in [-0.2, 0) is 26.4 Å². The number of hydrogen-bond acceptors (Lipinski definition) is 6. The second kappa shape index (κ2) is 7.44. The van der Waals surface area contributed by atoms with Crippen molar-refractivity contribution in [3.63, 3.8) is 0 Å². The zero-order valence-corrected chi connectivity index (χ0v) is 13.5. The Morgan fingerprint density at radius 1 is 1.53 bits per heavy atom. The van der Waals surface area contributed by atoms with Crippen LogP contribution in [-0.4, -0.2) is 24.7 Å². The summed E-state index contributed by atoms with van der Waals surface area (Å²) in [5.74, 6) is 0.0676. The normalized spacial score (nSPS) is 14.2. The number of nitrogens with zero attached hydrogens (tertiary/aromatic N) is 1. The Labute approximate surface area is 125 Å². The topological polar surface area (TPSA) is 68.8 Å².